The Hall–Kier alpha value is -1.36. The van der Waals surface area contributed by atoms with Crippen LogP contribution in [0.4, 0.5) is 0 Å². The Labute approximate surface area is 95.6 Å². The van der Waals surface area contributed by atoms with Crippen molar-refractivity contribution in [3.8, 4) is 0 Å². The quantitative estimate of drug-likeness (QED) is 0.862. The summed E-state index contributed by atoms with van der Waals surface area (Å²) in [5.41, 5.74) is 0.214. The number of amides is 1. The first-order valence-corrected chi connectivity index (χ1v) is 6.78. The highest BCUT2D eigenvalue weighted by Crippen LogP contribution is 2.16. The largest absolute Gasteiger partial charge is 0.352 e. The summed E-state index contributed by atoms with van der Waals surface area (Å²) in [5.74, 6) is -0.362. The highest BCUT2D eigenvalue weighted by Gasteiger charge is 2.19. The monoisotopic (exact) mass is 241 g/mol. The van der Waals surface area contributed by atoms with Crippen LogP contribution in [-0.2, 0) is 9.84 Å². The van der Waals surface area contributed by atoms with E-state index in [4.69, 9.17) is 0 Å². The van der Waals surface area contributed by atoms with Crippen LogP contribution >= 0.6 is 0 Å². The van der Waals surface area contributed by atoms with E-state index in [9.17, 15) is 13.2 Å². The number of benzene rings is 1. The molecule has 88 valence electrons. The first-order valence-electron chi connectivity index (χ1n) is 5.13. The molecule has 16 heavy (non-hydrogen) atoms. The fourth-order valence-electron chi connectivity index (χ4n) is 1.34. The number of carbonyl (C=O) groups is 1. The fourth-order valence-corrected chi connectivity index (χ4v) is 2.43. The molecule has 0 aliphatic carbocycles. The molecule has 0 fully saturated rings. The molecule has 0 bridgehead atoms. The maximum absolute atomic E-state index is 11.8. The summed E-state index contributed by atoms with van der Waals surface area (Å²) < 4.78 is 23.5. The number of hydrogen-bond donors (Lipinski definition) is 1. The van der Waals surface area contributed by atoms with Gasteiger partial charge in [0.15, 0.2) is 9.84 Å². The zero-order chi connectivity index (χ0) is 12.2. The maximum atomic E-state index is 11.8. The standard InChI is InChI=1S/C11H15NO3S/c1-3-12-11(13)9-7-5-6-8-10(9)16(14,15)4-2/h5-8H,3-4H2,1-2H3,(H,12,13). The van der Waals surface area contributed by atoms with Crippen molar-refractivity contribution in [2.45, 2.75) is 18.7 Å². The van der Waals surface area contributed by atoms with Gasteiger partial charge in [-0.2, -0.15) is 0 Å². The third kappa shape index (κ3) is 2.61. The number of nitrogens with one attached hydrogen (secondary N) is 1. The molecule has 0 heterocycles. The molecule has 0 aliphatic rings. The zero-order valence-electron chi connectivity index (χ0n) is 9.36. The predicted molar refractivity (Wildman–Crippen MR) is 62.2 cm³/mol. The van der Waals surface area contributed by atoms with Crippen LogP contribution < -0.4 is 5.32 Å². The lowest BCUT2D eigenvalue weighted by molar-refractivity contribution is 0.0952. The van der Waals surface area contributed by atoms with Gasteiger partial charge in [0.1, 0.15) is 0 Å². The van der Waals surface area contributed by atoms with Gasteiger partial charge in [-0.15, -0.1) is 0 Å². The topological polar surface area (TPSA) is 63.2 Å². The second-order valence-electron chi connectivity index (χ2n) is 3.26. The van der Waals surface area contributed by atoms with Gasteiger partial charge in [-0.1, -0.05) is 19.1 Å². The van der Waals surface area contributed by atoms with Crippen LogP contribution in [0.2, 0.25) is 0 Å². The van der Waals surface area contributed by atoms with E-state index in [2.05, 4.69) is 5.32 Å². The molecule has 4 nitrogen and oxygen atoms in total. The fraction of sp³-hybridized carbons (Fsp3) is 0.364. The van der Waals surface area contributed by atoms with Gasteiger partial charge in [0.2, 0.25) is 0 Å². The van der Waals surface area contributed by atoms with E-state index in [1.165, 1.54) is 12.1 Å². The third-order valence-corrected chi connectivity index (χ3v) is 3.97. The summed E-state index contributed by atoms with van der Waals surface area (Å²) in [7, 11) is -3.35. The lowest BCUT2D eigenvalue weighted by Gasteiger charge is -2.08. The van der Waals surface area contributed by atoms with Crippen molar-refractivity contribution in [3.05, 3.63) is 29.8 Å². The first kappa shape index (κ1) is 12.7. The average Bonchev–Trinajstić information content (AvgIpc) is 2.29. The van der Waals surface area contributed by atoms with Gasteiger partial charge in [0.05, 0.1) is 16.2 Å². The molecule has 0 spiro atoms. The Morgan fingerprint density at radius 1 is 1.25 bits per heavy atom. The van der Waals surface area contributed by atoms with Crippen molar-refractivity contribution < 1.29 is 13.2 Å². The van der Waals surface area contributed by atoms with Gasteiger partial charge < -0.3 is 5.32 Å². The van der Waals surface area contributed by atoms with Crippen LogP contribution in [0.15, 0.2) is 29.2 Å². The van der Waals surface area contributed by atoms with Gasteiger partial charge in [-0.25, -0.2) is 8.42 Å². The molecule has 0 saturated carbocycles. The lowest BCUT2D eigenvalue weighted by atomic mass is 10.2. The molecule has 0 saturated heterocycles. The van der Waals surface area contributed by atoms with Crippen LogP contribution in [0.25, 0.3) is 0 Å². The molecule has 0 unspecified atom stereocenters. The minimum Gasteiger partial charge on any atom is -0.352 e. The molecule has 1 N–H and O–H groups in total. The van der Waals surface area contributed by atoms with Crippen LogP contribution in [-0.4, -0.2) is 26.6 Å². The van der Waals surface area contributed by atoms with Crippen LogP contribution in [0.3, 0.4) is 0 Å². The molecular weight excluding hydrogens is 226 g/mol. The second-order valence-corrected chi connectivity index (χ2v) is 5.51. The molecule has 1 aromatic rings. The normalized spacial score (nSPS) is 11.1. The molecule has 5 heteroatoms. The Bertz CT molecular complexity index is 480. The second kappa shape index (κ2) is 5.12. The van der Waals surface area contributed by atoms with E-state index >= 15 is 0 Å². The smallest absolute Gasteiger partial charge is 0.252 e. The summed E-state index contributed by atoms with van der Waals surface area (Å²) in [6.45, 7) is 3.82. The number of carbonyl (C=O) groups excluding carboxylic acids is 1. The van der Waals surface area contributed by atoms with Crippen LogP contribution in [0.5, 0.6) is 0 Å². The summed E-state index contributed by atoms with van der Waals surface area (Å²) in [4.78, 5) is 11.8. The van der Waals surface area contributed by atoms with Crippen molar-refractivity contribution in [1.29, 1.82) is 0 Å². The van der Waals surface area contributed by atoms with Crippen molar-refractivity contribution in [3.63, 3.8) is 0 Å². The Morgan fingerprint density at radius 3 is 2.44 bits per heavy atom. The first-order chi connectivity index (χ1) is 7.53. The van der Waals surface area contributed by atoms with E-state index in [1.54, 1.807) is 26.0 Å². The summed E-state index contributed by atoms with van der Waals surface area (Å²) in [6, 6.07) is 6.25. The highest BCUT2D eigenvalue weighted by molar-refractivity contribution is 7.91. The molecule has 0 aliphatic heterocycles. The van der Waals surface area contributed by atoms with Crippen molar-refractivity contribution in [2.24, 2.45) is 0 Å². The summed E-state index contributed by atoms with van der Waals surface area (Å²) >= 11 is 0. The van der Waals surface area contributed by atoms with Crippen LogP contribution in [0.1, 0.15) is 24.2 Å². The number of sulfone groups is 1. The molecule has 0 radical (unpaired) electrons. The highest BCUT2D eigenvalue weighted by atomic mass is 32.2. The molecule has 1 rings (SSSR count). The minimum absolute atomic E-state index is 0.0105. The molecule has 0 atom stereocenters. The van der Waals surface area contributed by atoms with Gasteiger partial charge in [0.25, 0.3) is 5.91 Å². The van der Waals surface area contributed by atoms with E-state index < -0.39 is 9.84 Å². The Kier molecular flexibility index (Phi) is 4.06. The van der Waals surface area contributed by atoms with Gasteiger partial charge in [0, 0.05) is 6.54 Å². The van der Waals surface area contributed by atoms with Crippen molar-refractivity contribution >= 4 is 15.7 Å². The third-order valence-electron chi connectivity index (χ3n) is 2.18. The lowest BCUT2D eigenvalue weighted by Crippen LogP contribution is -2.25. The van der Waals surface area contributed by atoms with E-state index in [-0.39, 0.29) is 22.1 Å². The van der Waals surface area contributed by atoms with E-state index in [1.807, 2.05) is 0 Å². The van der Waals surface area contributed by atoms with Crippen molar-refractivity contribution in [2.75, 3.05) is 12.3 Å². The maximum Gasteiger partial charge on any atom is 0.252 e. The minimum atomic E-state index is -3.35. The summed E-state index contributed by atoms with van der Waals surface area (Å²) in [6.07, 6.45) is 0. The number of hydrogen-bond acceptors (Lipinski definition) is 3. The molecule has 1 aromatic carbocycles. The predicted octanol–water partition coefficient (Wildman–Crippen LogP) is 1.23. The van der Waals surface area contributed by atoms with Gasteiger partial charge in [-0.05, 0) is 19.1 Å². The van der Waals surface area contributed by atoms with Crippen molar-refractivity contribution in [1.82, 2.24) is 5.32 Å². The van der Waals surface area contributed by atoms with E-state index in [0.29, 0.717) is 6.54 Å². The Balaban J connectivity index is 3.26. The van der Waals surface area contributed by atoms with Gasteiger partial charge in [-0.3, -0.25) is 4.79 Å². The van der Waals surface area contributed by atoms with Gasteiger partial charge >= 0.3 is 0 Å². The summed E-state index contributed by atoms with van der Waals surface area (Å²) in [5, 5.41) is 2.60. The molecular formula is C11H15NO3S. The number of rotatable bonds is 4. The molecule has 1 amide bonds. The van der Waals surface area contributed by atoms with Crippen LogP contribution in [0, 0.1) is 0 Å². The zero-order valence-corrected chi connectivity index (χ0v) is 10.2. The van der Waals surface area contributed by atoms with E-state index in [0.717, 1.165) is 0 Å². The molecule has 0 aromatic heterocycles. The SMILES string of the molecule is CCNC(=O)c1ccccc1S(=O)(=O)CC. The average molecular weight is 241 g/mol. The Morgan fingerprint density at radius 2 is 1.88 bits per heavy atom.